The molecule has 0 radical (unpaired) electrons. The van der Waals surface area contributed by atoms with Crippen molar-refractivity contribution in [1.82, 2.24) is 10.2 Å². The number of methoxy groups -OCH3 is 1. The van der Waals surface area contributed by atoms with E-state index in [1.165, 1.54) is 0 Å². The van der Waals surface area contributed by atoms with Gasteiger partial charge in [0.25, 0.3) is 5.89 Å². The lowest BCUT2D eigenvalue weighted by Crippen LogP contribution is -2.39. The van der Waals surface area contributed by atoms with Crippen molar-refractivity contribution in [3.63, 3.8) is 0 Å². The third-order valence-electron chi connectivity index (χ3n) is 4.51. The van der Waals surface area contributed by atoms with Gasteiger partial charge in [0, 0.05) is 0 Å². The molecule has 0 aliphatic carbocycles. The SMILES string of the molecule is CC[C@H]1CN(Cc2nnc(-c3ccccc3OC)o2)c2ccccc2O1. The Balaban J connectivity index is 1.60. The van der Waals surface area contributed by atoms with Crippen LogP contribution in [0.4, 0.5) is 5.69 Å². The van der Waals surface area contributed by atoms with Crippen molar-refractivity contribution in [1.29, 1.82) is 0 Å². The third kappa shape index (κ3) is 3.10. The lowest BCUT2D eigenvalue weighted by Gasteiger charge is -2.35. The molecule has 1 aliphatic rings. The molecule has 1 aliphatic heterocycles. The van der Waals surface area contributed by atoms with Crippen molar-refractivity contribution in [3.8, 4) is 23.0 Å². The summed E-state index contributed by atoms with van der Waals surface area (Å²) in [5.41, 5.74) is 1.84. The summed E-state index contributed by atoms with van der Waals surface area (Å²) in [7, 11) is 1.63. The van der Waals surface area contributed by atoms with Crippen LogP contribution in [0, 0.1) is 0 Å². The summed E-state index contributed by atoms with van der Waals surface area (Å²) in [5.74, 6) is 2.64. The monoisotopic (exact) mass is 351 g/mol. The first-order chi connectivity index (χ1) is 12.8. The highest BCUT2D eigenvalue weighted by Gasteiger charge is 2.26. The molecule has 6 heteroatoms. The topological polar surface area (TPSA) is 60.6 Å². The minimum absolute atomic E-state index is 0.154. The van der Waals surface area contributed by atoms with Gasteiger partial charge in [-0.1, -0.05) is 31.2 Å². The van der Waals surface area contributed by atoms with E-state index in [4.69, 9.17) is 13.9 Å². The maximum Gasteiger partial charge on any atom is 0.251 e. The number of ether oxygens (including phenoxy) is 2. The predicted molar refractivity (Wildman–Crippen MR) is 98.5 cm³/mol. The predicted octanol–water partition coefficient (Wildman–Crippen LogP) is 3.92. The molecule has 6 nitrogen and oxygen atoms in total. The van der Waals surface area contributed by atoms with Crippen LogP contribution < -0.4 is 14.4 Å². The number of fused-ring (bicyclic) bond motifs is 1. The molecular formula is C20H21N3O3. The summed E-state index contributed by atoms with van der Waals surface area (Å²) < 4.78 is 17.3. The summed E-state index contributed by atoms with van der Waals surface area (Å²) in [6.45, 7) is 3.46. The van der Waals surface area contributed by atoms with Crippen molar-refractivity contribution in [2.75, 3.05) is 18.6 Å². The van der Waals surface area contributed by atoms with E-state index < -0.39 is 0 Å². The van der Waals surface area contributed by atoms with Gasteiger partial charge in [-0.25, -0.2) is 0 Å². The van der Waals surface area contributed by atoms with E-state index >= 15 is 0 Å². The average Bonchev–Trinajstić information content (AvgIpc) is 3.16. The van der Waals surface area contributed by atoms with E-state index in [2.05, 4.69) is 28.1 Å². The second-order valence-electron chi connectivity index (χ2n) is 6.20. The number of anilines is 1. The zero-order valence-corrected chi connectivity index (χ0v) is 14.9. The Bertz CT molecular complexity index is 893. The minimum Gasteiger partial charge on any atom is -0.496 e. The van der Waals surface area contributed by atoms with Crippen molar-refractivity contribution < 1.29 is 13.9 Å². The number of nitrogens with zero attached hydrogens (tertiary/aromatic N) is 3. The quantitative estimate of drug-likeness (QED) is 0.694. The Morgan fingerprint density at radius 3 is 2.77 bits per heavy atom. The average molecular weight is 351 g/mol. The third-order valence-corrected chi connectivity index (χ3v) is 4.51. The Morgan fingerprint density at radius 2 is 1.92 bits per heavy atom. The van der Waals surface area contributed by atoms with Gasteiger partial charge in [0.15, 0.2) is 0 Å². The number of para-hydroxylation sites is 3. The van der Waals surface area contributed by atoms with Crippen LogP contribution in [0.5, 0.6) is 11.5 Å². The molecule has 2 aromatic carbocycles. The van der Waals surface area contributed by atoms with E-state index in [-0.39, 0.29) is 6.10 Å². The molecule has 0 fully saturated rings. The second kappa shape index (κ2) is 7.07. The van der Waals surface area contributed by atoms with E-state index in [1.807, 2.05) is 42.5 Å². The van der Waals surface area contributed by atoms with Gasteiger partial charge in [-0.2, -0.15) is 0 Å². The second-order valence-corrected chi connectivity index (χ2v) is 6.20. The molecule has 0 spiro atoms. The summed E-state index contributed by atoms with van der Waals surface area (Å²) in [5, 5.41) is 8.43. The fourth-order valence-electron chi connectivity index (χ4n) is 3.15. The maximum atomic E-state index is 6.03. The smallest absolute Gasteiger partial charge is 0.251 e. The van der Waals surface area contributed by atoms with Gasteiger partial charge in [-0.05, 0) is 30.7 Å². The molecule has 0 saturated heterocycles. The summed E-state index contributed by atoms with van der Waals surface area (Å²) >= 11 is 0. The normalized spacial score (nSPS) is 16.1. The van der Waals surface area contributed by atoms with Gasteiger partial charge in [0.05, 0.1) is 31.5 Å². The molecule has 1 atom stereocenters. The molecule has 3 aromatic rings. The lowest BCUT2D eigenvalue weighted by atomic mass is 10.1. The van der Waals surface area contributed by atoms with E-state index in [9.17, 15) is 0 Å². The number of rotatable bonds is 5. The molecule has 4 rings (SSSR count). The fourth-order valence-corrected chi connectivity index (χ4v) is 3.15. The largest absolute Gasteiger partial charge is 0.496 e. The Labute approximate surface area is 152 Å². The highest BCUT2D eigenvalue weighted by Crippen LogP contribution is 2.35. The van der Waals surface area contributed by atoms with Crippen molar-refractivity contribution in [3.05, 3.63) is 54.4 Å². The van der Waals surface area contributed by atoms with Crippen LogP contribution in [0.3, 0.4) is 0 Å². The first-order valence-corrected chi connectivity index (χ1v) is 8.75. The molecular weight excluding hydrogens is 330 g/mol. The summed E-state index contributed by atoms with van der Waals surface area (Å²) in [6.07, 6.45) is 1.10. The highest BCUT2D eigenvalue weighted by molar-refractivity contribution is 5.62. The van der Waals surface area contributed by atoms with Crippen LogP contribution >= 0.6 is 0 Å². The van der Waals surface area contributed by atoms with E-state index in [0.717, 1.165) is 30.0 Å². The number of hydrogen-bond acceptors (Lipinski definition) is 6. The zero-order chi connectivity index (χ0) is 17.9. The van der Waals surface area contributed by atoms with Crippen molar-refractivity contribution in [2.24, 2.45) is 0 Å². The molecule has 1 aromatic heterocycles. The molecule has 26 heavy (non-hydrogen) atoms. The Morgan fingerprint density at radius 1 is 1.12 bits per heavy atom. The van der Waals surface area contributed by atoms with Crippen LogP contribution in [0.2, 0.25) is 0 Å². The molecule has 0 amide bonds. The Kier molecular flexibility index (Phi) is 4.48. The van der Waals surface area contributed by atoms with Crippen LogP contribution in [-0.2, 0) is 6.54 Å². The molecule has 0 bridgehead atoms. The van der Waals surface area contributed by atoms with Gasteiger partial charge in [-0.3, -0.25) is 0 Å². The van der Waals surface area contributed by atoms with Crippen molar-refractivity contribution in [2.45, 2.75) is 26.0 Å². The number of benzene rings is 2. The van der Waals surface area contributed by atoms with Gasteiger partial charge in [-0.15, -0.1) is 10.2 Å². The van der Waals surface area contributed by atoms with E-state index in [0.29, 0.717) is 24.1 Å². The molecule has 0 N–H and O–H groups in total. The van der Waals surface area contributed by atoms with Gasteiger partial charge >= 0.3 is 0 Å². The molecule has 0 saturated carbocycles. The first-order valence-electron chi connectivity index (χ1n) is 8.75. The Hall–Kier alpha value is -3.02. The van der Waals surface area contributed by atoms with E-state index in [1.54, 1.807) is 7.11 Å². The lowest BCUT2D eigenvalue weighted by molar-refractivity contribution is 0.187. The highest BCUT2D eigenvalue weighted by atomic mass is 16.5. The van der Waals surface area contributed by atoms with Crippen LogP contribution in [0.25, 0.3) is 11.5 Å². The van der Waals surface area contributed by atoms with Gasteiger partial charge in [0.1, 0.15) is 17.6 Å². The van der Waals surface area contributed by atoms with Gasteiger partial charge < -0.3 is 18.8 Å². The molecule has 134 valence electrons. The molecule has 2 heterocycles. The standard InChI is InChI=1S/C20H21N3O3/c1-3-14-12-23(16-9-5-7-11-18(16)25-14)13-19-21-22-20(26-19)15-8-4-6-10-17(15)24-2/h4-11,14H,3,12-13H2,1-2H3/t14-/m0/s1. The maximum absolute atomic E-state index is 6.03. The summed E-state index contributed by atoms with van der Waals surface area (Å²) in [6, 6.07) is 15.7. The minimum atomic E-state index is 0.154. The first kappa shape index (κ1) is 16.4. The fraction of sp³-hybridized carbons (Fsp3) is 0.300. The van der Waals surface area contributed by atoms with Crippen molar-refractivity contribution >= 4 is 5.69 Å². The molecule has 0 unspecified atom stereocenters. The van der Waals surface area contributed by atoms with Crippen LogP contribution in [-0.4, -0.2) is 30.0 Å². The van der Waals surface area contributed by atoms with Crippen LogP contribution in [0.15, 0.2) is 52.9 Å². The number of hydrogen-bond donors (Lipinski definition) is 0. The van der Waals surface area contributed by atoms with Gasteiger partial charge in [0.2, 0.25) is 5.89 Å². The number of aromatic nitrogens is 2. The summed E-state index contributed by atoms with van der Waals surface area (Å²) in [4.78, 5) is 2.23. The van der Waals surface area contributed by atoms with Crippen LogP contribution in [0.1, 0.15) is 19.2 Å². The zero-order valence-electron chi connectivity index (χ0n) is 14.9.